The van der Waals surface area contributed by atoms with E-state index in [9.17, 15) is 9.18 Å². The number of amides is 1. The summed E-state index contributed by atoms with van der Waals surface area (Å²) in [5, 5.41) is 9.40. The fraction of sp³-hybridized carbons (Fsp3) is 0.478. The first-order valence-electron chi connectivity index (χ1n) is 11.3. The van der Waals surface area contributed by atoms with E-state index in [1.165, 1.54) is 0 Å². The van der Waals surface area contributed by atoms with Gasteiger partial charge in [-0.25, -0.2) is 14.4 Å². The van der Waals surface area contributed by atoms with E-state index in [-0.39, 0.29) is 18.3 Å². The van der Waals surface area contributed by atoms with Crippen molar-refractivity contribution in [1.82, 2.24) is 15.2 Å². The van der Waals surface area contributed by atoms with Crippen LogP contribution in [0.3, 0.4) is 0 Å². The molecule has 0 bridgehead atoms. The summed E-state index contributed by atoms with van der Waals surface area (Å²) in [6.07, 6.45) is 9.72. The van der Waals surface area contributed by atoms with Crippen LogP contribution in [-0.2, 0) is 9.53 Å². The molecule has 1 atom stereocenters. The van der Waals surface area contributed by atoms with Crippen molar-refractivity contribution >= 4 is 34.9 Å². The maximum atomic E-state index is 14.5. The Bertz CT molecular complexity index is 1050. The van der Waals surface area contributed by atoms with Gasteiger partial charge < -0.3 is 10.1 Å². The Hall–Kier alpha value is -2.62. The van der Waals surface area contributed by atoms with Crippen molar-refractivity contribution in [2.75, 3.05) is 39.4 Å². The maximum Gasteiger partial charge on any atom is 0.252 e. The Balaban J connectivity index is 1.27. The molecule has 0 aromatic rings. The number of morpholine rings is 1. The van der Waals surface area contributed by atoms with Gasteiger partial charge in [-0.15, -0.1) is 0 Å². The van der Waals surface area contributed by atoms with E-state index in [1.807, 2.05) is 0 Å². The standard InChI is InChI=1S/C23H26ClFN6O2/c24-16-4-2-5-17(25)22(16)18-7-8-21-26-13-19(31(21)29-18)23(32)28-20-6-1-3-15(27-20)14-30-9-11-33-12-10-30/h3-4,7-8,19H,1-2,5-6,9-14H2,(H,27,28,32). The summed E-state index contributed by atoms with van der Waals surface area (Å²) in [7, 11) is 0. The molecule has 174 valence electrons. The van der Waals surface area contributed by atoms with E-state index < -0.39 is 6.04 Å². The lowest BCUT2D eigenvalue weighted by molar-refractivity contribution is -0.123. The Morgan fingerprint density at radius 3 is 2.85 bits per heavy atom. The lowest BCUT2D eigenvalue weighted by Gasteiger charge is -2.28. The average Bonchev–Trinajstić information content (AvgIpc) is 3.23. The fourth-order valence-electron chi connectivity index (χ4n) is 4.37. The largest absolute Gasteiger partial charge is 0.379 e. The lowest BCUT2D eigenvalue weighted by atomic mass is 10.0. The number of allylic oxidation sites excluding steroid dienone is 6. The molecule has 33 heavy (non-hydrogen) atoms. The molecule has 5 aliphatic rings. The number of fused-ring (bicyclic) bond motifs is 1. The molecular formula is C23H26ClFN6O2. The summed E-state index contributed by atoms with van der Waals surface area (Å²) < 4.78 is 19.9. The molecule has 1 aliphatic carbocycles. The number of carbonyl (C=O) groups excluding carboxylic acids is 1. The molecule has 1 N–H and O–H groups in total. The molecule has 1 saturated heterocycles. The third kappa shape index (κ3) is 4.85. The minimum absolute atomic E-state index is 0.224. The first-order chi connectivity index (χ1) is 16.1. The van der Waals surface area contributed by atoms with E-state index >= 15 is 0 Å². The van der Waals surface area contributed by atoms with Gasteiger partial charge in [0.1, 0.15) is 17.5 Å². The zero-order valence-electron chi connectivity index (χ0n) is 18.3. The second-order valence-electron chi connectivity index (χ2n) is 8.42. The van der Waals surface area contributed by atoms with Crippen molar-refractivity contribution in [2.24, 2.45) is 15.1 Å². The number of hydrogen-bond acceptors (Lipinski definition) is 7. The number of nitrogens with zero attached hydrogens (tertiary/aromatic N) is 5. The maximum absolute atomic E-state index is 14.5. The molecule has 8 nitrogen and oxygen atoms in total. The number of carbonyl (C=O) groups is 1. The number of nitrogens with one attached hydrogen (secondary N) is 1. The minimum atomic E-state index is -0.619. The molecule has 1 fully saturated rings. The molecule has 0 aromatic carbocycles. The highest BCUT2D eigenvalue weighted by Gasteiger charge is 2.36. The van der Waals surface area contributed by atoms with Crippen LogP contribution in [0, 0.1) is 0 Å². The van der Waals surface area contributed by atoms with E-state index in [1.54, 1.807) is 23.2 Å². The first kappa shape index (κ1) is 22.2. The topological polar surface area (TPSA) is 81.9 Å². The molecule has 0 spiro atoms. The molecule has 1 amide bonds. The second kappa shape index (κ2) is 9.70. The number of rotatable bonds is 4. The summed E-state index contributed by atoms with van der Waals surface area (Å²) in [5.41, 5.74) is 1.65. The van der Waals surface area contributed by atoms with E-state index in [0.29, 0.717) is 47.3 Å². The van der Waals surface area contributed by atoms with Crippen molar-refractivity contribution in [3.05, 3.63) is 46.4 Å². The Labute approximate surface area is 196 Å². The zero-order valence-corrected chi connectivity index (χ0v) is 19.0. The van der Waals surface area contributed by atoms with Gasteiger partial charge >= 0.3 is 0 Å². The fourth-order valence-corrected chi connectivity index (χ4v) is 4.68. The Kier molecular flexibility index (Phi) is 6.52. The Morgan fingerprint density at radius 2 is 2.03 bits per heavy atom. The summed E-state index contributed by atoms with van der Waals surface area (Å²) in [6, 6.07) is -0.619. The van der Waals surface area contributed by atoms with Crippen LogP contribution >= 0.6 is 11.6 Å². The van der Waals surface area contributed by atoms with Crippen LogP contribution in [0.5, 0.6) is 0 Å². The van der Waals surface area contributed by atoms with Gasteiger partial charge in [-0.2, -0.15) is 5.10 Å². The molecule has 0 aromatic heterocycles. The summed E-state index contributed by atoms with van der Waals surface area (Å²) in [4.78, 5) is 24.5. The molecule has 5 rings (SSSR count). The quantitative estimate of drug-likeness (QED) is 0.682. The molecule has 4 heterocycles. The summed E-state index contributed by atoms with van der Waals surface area (Å²) in [6.45, 7) is 4.26. The monoisotopic (exact) mass is 472 g/mol. The minimum Gasteiger partial charge on any atom is -0.379 e. The lowest BCUT2D eigenvalue weighted by Crippen LogP contribution is -2.48. The number of ether oxygens (including phenoxy) is 1. The third-order valence-electron chi connectivity index (χ3n) is 6.11. The Morgan fingerprint density at radius 1 is 1.21 bits per heavy atom. The summed E-state index contributed by atoms with van der Waals surface area (Å²) in [5.74, 6) is 0.721. The van der Waals surface area contributed by atoms with Gasteiger partial charge in [0.2, 0.25) is 0 Å². The second-order valence-corrected chi connectivity index (χ2v) is 8.83. The van der Waals surface area contributed by atoms with E-state index in [2.05, 4.69) is 31.4 Å². The van der Waals surface area contributed by atoms with Gasteiger partial charge in [-0.1, -0.05) is 23.8 Å². The van der Waals surface area contributed by atoms with Crippen LogP contribution in [0.15, 0.2) is 61.5 Å². The normalized spacial score (nSPS) is 25.7. The SMILES string of the molecule is O=C(NC1=NC(CN2CCOCC2)=CCC1)C1CN=C2C=CC(C3=C(F)CCC=C3Cl)=NN21. The highest BCUT2D eigenvalue weighted by Crippen LogP contribution is 2.32. The van der Waals surface area contributed by atoms with Crippen LogP contribution in [-0.4, -0.2) is 78.6 Å². The highest BCUT2D eigenvalue weighted by molar-refractivity contribution is 6.37. The van der Waals surface area contributed by atoms with Crippen molar-refractivity contribution in [2.45, 2.75) is 31.7 Å². The molecule has 10 heteroatoms. The van der Waals surface area contributed by atoms with Crippen molar-refractivity contribution in [3.8, 4) is 0 Å². The van der Waals surface area contributed by atoms with Gasteiger partial charge in [-0.05, 0) is 25.0 Å². The third-order valence-corrected chi connectivity index (χ3v) is 6.46. The number of hydrazone groups is 1. The predicted octanol–water partition coefficient (Wildman–Crippen LogP) is 2.66. The van der Waals surface area contributed by atoms with Crippen LogP contribution in [0.2, 0.25) is 0 Å². The summed E-state index contributed by atoms with van der Waals surface area (Å²) >= 11 is 6.25. The van der Waals surface area contributed by atoms with Crippen molar-refractivity contribution in [1.29, 1.82) is 0 Å². The van der Waals surface area contributed by atoms with Crippen LogP contribution in [0.1, 0.15) is 25.7 Å². The first-order valence-corrected chi connectivity index (χ1v) is 11.7. The van der Waals surface area contributed by atoms with Gasteiger partial charge in [0, 0.05) is 37.5 Å². The number of halogens is 2. The molecule has 0 saturated carbocycles. The van der Waals surface area contributed by atoms with Crippen LogP contribution in [0.25, 0.3) is 0 Å². The highest BCUT2D eigenvalue weighted by atomic mass is 35.5. The average molecular weight is 473 g/mol. The van der Waals surface area contributed by atoms with E-state index in [4.69, 9.17) is 16.3 Å². The molecule has 4 aliphatic heterocycles. The number of aliphatic imine (C=N–C) groups is 2. The van der Waals surface area contributed by atoms with Crippen molar-refractivity contribution in [3.63, 3.8) is 0 Å². The molecule has 0 radical (unpaired) electrons. The van der Waals surface area contributed by atoms with Gasteiger partial charge in [0.25, 0.3) is 5.91 Å². The van der Waals surface area contributed by atoms with E-state index in [0.717, 1.165) is 45.0 Å². The predicted molar refractivity (Wildman–Crippen MR) is 126 cm³/mol. The van der Waals surface area contributed by atoms with Crippen LogP contribution < -0.4 is 5.32 Å². The number of hydrogen-bond donors (Lipinski definition) is 1. The van der Waals surface area contributed by atoms with Crippen molar-refractivity contribution < 1.29 is 13.9 Å². The van der Waals surface area contributed by atoms with Gasteiger partial charge in [0.15, 0.2) is 6.04 Å². The smallest absolute Gasteiger partial charge is 0.252 e. The van der Waals surface area contributed by atoms with Gasteiger partial charge in [-0.3, -0.25) is 14.7 Å². The molecule has 1 unspecified atom stereocenters. The zero-order chi connectivity index (χ0) is 22.8. The number of amidine groups is 2. The molecular weight excluding hydrogens is 447 g/mol. The van der Waals surface area contributed by atoms with Gasteiger partial charge in [0.05, 0.1) is 36.7 Å². The van der Waals surface area contributed by atoms with Crippen LogP contribution in [0.4, 0.5) is 4.39 Å².